The fourth-order valence-electron chi connectivity index (χ4n) is 5.73. The minimum atomic E-state index is -4.48. The van der Waals surface area contributed by atoms with Gasteiger partial charge in [-0.25, -0.2) is 0 Å². The molecule has 7 rings (SSSR count). The number of aryl methyl sites for hydroxylation is 2. The van der Waals surface area contributed by atoms with Crippen molar-refractivity contribution in [2.24, 2.45) is 0 Å². The second kappa shape index (κ2) is 10.7. The van der Waals surface area contributed by atoms with Crippen molar-refractivity contribution in [3.63, 3.8) is 0 Å². The van der Waals surface area contributed by atoms with Gasteiger partial charge < -0.3 is 8.83 Å². The minimum Gasteiger partial charge on any atom is -0.455 e. The molecule has 0 aliphatic heterocycles. The highest BCUT2D eigenvalue weighted by atomic mass is 19.4. The summed E-state index contributed by atoms with van der Waals surface area (Å²) in [6.07, 6.45) is -8.96. The van der Waals surface area contributed by atoms with Gasteiger partial charge in [0.1, 0.15) is 22.7 Å². The maximum Gasteiger partial charge on any atom is 0.416 e. The van der Waals surface area contributed by atoms with Crippen LogP contribution in [0.1, 0.15) is 22.3 Å². The van der Waals surface area contributed by atoms with Crippen molar-refractivity contribution in [1.29, 1.82) is 0 Å². The fraction of sp³-hybridized carbons (Fsp3) is 0.105. The van der Waals surface area contributed by atoms with Crippen molar-refractivity contribution in [3.05, 3.63) is 131 Å². The third-order valence-electron chi connectivity index (χ3n) is 8.13. The quantitative estimate of drug-likeness (QED) is 0.182. The maximum absolute atomic E-state index is 13.3. The molecule has 0 saturated carbocycles. The van der Waals surface area contributed by atoms with Gasteiger partial charge in [0.2, 0.25) is 0 Å². The molecule has 0 radical (unpaired) electrons. The molecular weight excluding hydrogens is 602 g/mol. The Morgan fingerprint density at radius 1 is 0.413 bits per heavy atom. The van der Waals surface area contributed by atoms with E-state index >= 15 is 0 Å². The molecule has 2 nitrogen and oxygen atoms in total. The lowest BCUT2D eigenvalue weighted by Gasteiger charge is -2.08. The standard InChI is InChI=1S/C38H24F6O2/c1-21-3-7-23(8-4-21)33-29-19-32-30(20-31(29)45-35(33)25-11-15-27(16-12-25)37(39,40)41)34(24-9-5-22(2)6-10-24)36(46-32)26-13-17-28(18-14-26)38(42,43)44/h3-20H,1-2H3. The van der Waals surface area contributed by atoms with E-state index in [4.69, 9.17) is 8.83 Å². The number of furan rings is 2. The number of benzene rings is 5. The first-order valence-electron chi connectivity index (χ1n) is 14.4. The molecular formula is C38H24F6O2. The Bertz CT molecular complexity index is 2040. The lowest BCUT2D eigenvalue weighted by atomic mass is 9.95. The molecule has 0 atom stereocenters. The minimum absolute atomic E-state index is 0.403. The van der Waals surface area contributed by atoms with Crippen molar-refractivity contribution in [3.8, 4) is 44.9 Å². The summed E-state index contributed by atoms with van der Waals surface area (Å²) in [6, 6.07) is 28.8. The predicted octanol–water partition coefficient (Wildman–Crippen LogP) is 12.5. The first-order valence-corrected chi connectivity index (χ1v) is 14.4. The largest absolute Gasteiger partial charge is 0.455 e. The Balaban J connectivity index is 1.49. The van der Waals surface area contributed by atoms with E-state index in [9.17, 15) is 26.3 Å². The Kier molecular flexibility index (Phi) is 6.85. The lowest BCUT2D eigenvalue weighted by molar-refractivity contribution is -0.138. The van der Waals surface area contributed by atoms with Crippen LogP contribution >= 0.6 is 0 Å². The SMILES string of the molecule is Cc1ccc(-c2c(-c3ccc(C(F)(F)F)cc3)oc3cc4c(-c5ccc(C)cc5)c(-c5ccc(C(F)(F)F)cc5)oc4cc23)cc1. The number of hydrogen-bond donors (Lipinski definition) is 0. The Labute approximate surface area is 259 Å². The fourth-order valence-corrected chi connectivity index (χ4v) is 5.73. The zero-order chi connectivity index (χ0) is 32.4. The third kappa shape index (κ3) is 5.23. The summed E-state index contributed by atoms with van der Waals surface area (Å²) in [6.45, 7) is 3.91. The first kappa shape index (κ1) is 29.5. The van der Waals surface area contributed by atoms with E-state index in [-0.39, 0.29) is 0 Å². The number of halogens is 6. The van der Waals surface area contributed by atoms with E-state index in [1.165, 1.54) is 24.3 Å². The van der Waals surface area contributed by atoms with E-state index in [0.29, 0.717) is 55.7 Å². The molecule has 0 aliphatic carbocycles. The average molecular weight is 627 g/mol. The summed E-state index contributed by atoms with van der Waals surface area (Å²) < 4.78 is 92.9. The van der Waals surface area contributed by atoms with Crippen molar-refractivity contribution < 1.29 is 35.2 Å². The Morgan fingerprint density at radius 2 is 0.717 bits per heavy atom. The number of alkyl halides is 6. The van der Waals surface area contributed by atoms with Crippen molar-refractivity contribution >= 4 is 21.9 Å². The van der Waals surface area contributed by atoms with E-state index in [1.54, 1.807) is 0 Å². The first-order chi connectivity index (χ1) is 21.9. The summed E-state index contributed by atoms with van der Waals surface area (Å²) in [5, 5.41) is 1.35. The van der Waals surface area contributed by atoms with Crippen molar-refractivity contribution in [1.82, 2.24) is 0 Å². The summed E-state index contributed by atoms with van der Waals surface area (Å²) in [5.41, 5.74) is 5.40. The number of rotatable bonds is 4. The molecule has 230 valence electrons. The summed E-state index contributed by atoms with van der Waals surface area (Å²) >= 11 is 0. The van der Waals surface area contributed by atoms with Gasteiger partial charge in [0.25, 0.3) is 0 Å². The van der Waals surface area contributed by atoms with Crippen LogP contribution in [0.5, 0.6) is 0 Å². The molecule has 0 aliphatic rings. The second-order valence-electron chi connectivity index (χ2n) is 11.3. The molecule has 46 heavy (non-hydrogen) atoms. The van der Waals surface area contributed by atoms with Gasteiger partial charge in [0.15, 0.2) is 0 Å². The van der Waals surface area contributed by atoms with Crippen LogP contribution < -0.4 is 0 Å². The van der Waals surface area contributed by atoms with Crippen LogP contribution in [-0.2, 0) is 12.4 Å². The van der Waals surface area contributed by atoms with Crippen LogP contribution in [0.4, 0.5) is 26.3 Å². The zero-order valence-electron chi connectivity index (χ0n) is 24.5. The Morgan fingerprint density at radius 3 is 1.02 bits per heavy atom. The molecule has 5 aromatic carbocycles. The van der Waals surface area contributed by atoms with E-state index in [1.807, 2.05) is 74.5 Å². The van der Waals surface area contributed by atoms with Gasteiger partial charge in [-0.2, -0.15) is 26.3 Å². The van der Waals surface area contributed by atoms with Crippen LogP contribution in [0.2, 0.25) is 0 Å². The molecule has 0 N–H and O–H groups in total. The van der Waals surface area contributed by atoms with Crippen LogP contribution in [-0.4, -0.2) is 0 Å². The average Bonchev–Trinajstić information content (AvgIpc) is 3.58. The topological polar surface area (TPSA) is 26.3 Å². The highest BCUT2D eigenvalue weighted by Gasteiger charge is 2.32. The van der Waals surface area contributed by atoms with Crippen LogP contribution in [0, 0.1) is 13.8 Å². The molecule has 0 saturated heterocycles. The van der Waals surface area contributed by atoms with Crippen molar-refractivity contribution in [2.75, 3.05) is 0 Å². The third-order valence-corrected chi connectivity index (χ3v) is 8.13. The molecule has 8 heteroatoms. The highest BCUT2D eigenvalue weighted by molar-refractivity contribution is 6.11. The van der Waals surface area contributed by atoms with Gasteiger partial charge in [-0.1, -0.05) is 83.9 Å². The van der Waals surface area contributed by atoms with Gasteiger partial charge >= 0.3 is 12.4 Å². The predicted molar refractivity (Wildman–Crippen MR) is 167 cm³/mol. The zero-order valence-corrected chi connectivity index (χ0v) is 24.5. The summed E-state index contributed by atoms with van der Waals surface area (Å²) in [4.78, 5) is 0. The molecule has 7 aromatic rings. The number of fused-ring (bicyclic) bond motifs is 2. The van der Waals surface area contributed by atoms with Crippen LogP contribution in [0.15, 0.2) is 118 Å². The van der Waals surface area contributed by atoms with Gasteiger partial charge in [-0.15, -0.1) is 0 Å². The maximum atomic E-state index is 13.3. The normalized spacial score (nSPS) is 12.3. The van der Waals surface area contributed by atoms with Crippen molar-refractivity contribution in [2.45, 2.75) is 26.2 Å². The molecule has 0 unspecified atom stereocenters. The van der Waals surface area contributed by atoms with Gasteiger partial charge in [0.05, 0.1) is 11.1 Å². The smallest absolute Gasteiger partial charge is 0.416 e. The van der Waals surface area contributed by atoms with Crippen LogP contribution in [0.3, 0.4) is 0 Å². The highest BCUT2D eigenvalue weighted by Crippen LogP contribution is 2.47. The van der Waals surface area contributed by atoms with E-state index in [2.05, 4.69) is 0 Å². The number of hydrogen-bond acceptors (Lipinski definition) is 2. The second-order valence-corrected chi connectivity index (χ2v) is 11.3. The summed E-state index contributed by atoms with van der Waals surface area (Å²) in [5.74, 6) is 0.806. The Hall–Kier alpha value is -5.24. The molecule has 2 heterocycles. The van der Waals surface area contributed by atoms with Crippen LogP contribution in [0.25, 0.3) is 66.8 Å². The lowest BCUT2D eigenvalue weighted by Crippen LogP contribution is -2.03. The van der Waals surface area contributed by atoms with E-state index < -0.39 is 23.5 Å². The van der Waals surface area contributed by atoms with Gasteiger partial charge in [0, 0.05) is 33.0 Å². The molecule has 0 spiro atoms. The monoisotopic (exact) mass is 626 g/mol. The molecule has 0 fully saturated rings. The molecule has 0 amide bonds. The van der Waals surface area contributed by atoms with E-state index in [0.717, 1.165) is 46.5 Å². The van der Waals surface area contributed by atoms with Gasteiger partial charge in [-0.3, -0.25) is 0 Å². The molecule has 0 bridgehead atoms. The van der Waals surface area contributed by atoms with Gasteiger partial charge in [-0.05, 0) is 61.4 Å². The molecule has 2 aromatic heterocycles. The summed E-state index contributed by atoms with van der Waals surface area (Å²) in [7, 11) is 0.